The van der Waals surface area contributed by atoms with Gasteiger partial charge in [0.2, 0.25) is 0 Å². The van der Waals surface area contributed by atoms with Crippen LogP contribution in [0.5, 0.6) is 0 Å². The summed E-state index contributed by atoms with van der Waals surface area (Å²) < 4.78 is 41.7. The molecular weight excluding hydrogens is 247 g/mol. The second-order valence-electron chi connectivity index (χ2n) is 4.32. The fraction of sp³-hybridized carbons (Fsp3) is 0.818. The number of rotatable bonds is 5. The molecule has 1 saturated heterocycles. The second kappa shape index (κ2) is 6.84. The van der Waals surface area contributed by atoms with Crippen LogP contribution in [0.4, 0.5) is 13.2 Å². The summed E-state index contributed by atoms with van der Waals surface area (Å²) in [6.07, 6.45) is -1.84. The van der Waals surface area contributed by atoms with Crippen LogP contribution in [0, 0.1) is 5.92 Å². The number of hydrogen-bond acceptors (Lipinski definition) is 4. The lowest BCUT2D eigenvalue weighted by molar-refractivity contribution is -0.0934. The number of nitrogens with one attached hydrogen (secondary N) is 1. The summed E-state index contributed by atoms with van der Waals surface area (Å²) in [5.41, 5.74) is 6.37. The van der Waals surface area contributed by atoms with Gasteiger partial charge in [-0.05, 0) is 25.7 Å². The van der Waals surface area contributed by atoms with Crippen molar-refractivity contribution >= 4 is 0 Å². The summed E-state index contributed by atoms with van der Waals surface area (Å²) in [6, 6.07) is 0. The van der Waals surface area contributed by atoms with E-state index in [0.717, 1.165) is 25.6 Å². The fourth-order valence-electron chi connectivity index (χ4n) is 1.76. The van der Waals surface area contributed by atoms with Gasteiger partial charge < -0.3 is 15.9 Å². The molecule has 1 aliphatic heterocycles. The molecule has 0 aromatic heterocycles. The van der Waals surface area contributed by atoms with Gasteiger partial charge in [-0.15, -0.1) is 0 Å². The molecule has 4 nitrogen and oxygen atoms in total. The Kier molecular flexibility index (Phi) is 5.74. The average Bonchev–Trinajstić information content (AvgIpc) is 2.33. The van der Waals surface area contributed by atoms with Gasteiger partial charge in [0.25, 0.3) is 0 Å². The van der Waals surface area contributed by atoms with E-state index in [-0.39, 0.29) is 0 Å². The van der Waals surface area contributed by atoms with Crippen molar-refractivity contribution in [3.63, 3.8) is 0 Å². The first kappa shape index (κ1) is 15.1. The third kappa shape index (κ3) is 5.14. The van der Waals surface area contributed by atoms with Crippen LogP contribution in [0.2, 0.25) is 0 Å². The van der Waals surface area contributed by atoms with Crippen LogP contribution in [0.15, 0.2) is 11.9 Å². The molecule has 18 heavy (non-hydrogen) atoms. The number of nitrogens with zero attached hydrogens (tertiary/aromatic N) is 1. The Labute approximate surface area is 105 Å². The lowest BCUT2D eigenvalue weighted by Crippen LogP contribution is -2.42. The minimum absolute atomic E-state index is 0.493. The van der Waals surface area contributed by atoms with Crippen molar-refractivity contribution in [3.8, 4) is 0 Å². The normalized spacial score (nSPS) is 20.1. The first-order valence-corrected chi connectivity index (χ1v) is 6.05. The molecule has 1 aliphatic rings. The predicted octanol–water partition coefficient (Wildman–Crippen LogP) is 1.60. The number of allylic oxidation sites excluding steroid dienone is 1. The van der Waals surface area contributed by atoms with Crippen LogP contribution in [-0.4, -0.2) is 37.5 Å². The van der Waals surface area contributed by atoms with Gasteiger partial charge in [0.1, 0.15) is 5.70 Å². The molecule has 0 atom stereocenters. The minimum Gasteiger partial charge on any atom is -0.393 e. The zero-order valence-corrected chi connectivity index (χ0v) is 10.5. The first-order valence-electron chi connectivity index (χ1n) is 6.05. The number of ether oxygens (including phenoxy) is 1. The highest BCUT2D eigenvalue weighted by atomic mass is 19.4. The second-order valence-corrected chi connectivity index (χ2v) is 4.32. The monoisotopic (exact) mass is 267 g/mol. The van der Waals surface area contributed by atoms with Crippen LogP contribution >= 0.6 is 0 Å². The quantitative estimate of drug-likeness (QED) is 0.794. The highest BCUT2D eigenvalue weighted by Gasteiger charge is 2.31. The molecule has 0 saturated carbocycles. The van der Waals surface area contributed by atoms with E-state index in [1.165, 1.54) is 0 Å². The lowest BCUT2D eigenvalue weighted by atomic mass is 9.99. The van der Waals surface area contributed by atoms with E-state index in [1.807, 2.05) is 6.92 Å². The van der Waals surface area contributed by atoms with Crippen LogP contribution in [0.3, 0.4) is 0 Å². The Bertz CT molecular complexity index is 273. The van der Waals surface area contributed by atoms with Gasteiger partial charge in [-0.3, -0.25) is 0 Å². The number of alkyl halides is 3. The number of hydrogen-bond donors (Lipinski definition) is 2. The van der Waals surface area contributed by atoms with Crippen LogP contribution in [0.25, 0.3) is 0 Å². The lowest BCUT2D eigenvalue weighted by Gasteiger charge is -2.31. The number of halogens is 3. The SMILES string of the molecule is CCOCC1CCN(N/C=C(\N)C(F)(F)F)CC1. The predicted molar refractivity (Wildman–Crippen MR) is 62.3 cm³/mol. The number of piperidine rings is 1. The Morgan fingerprint density at radius 1 is 1.44 bits per heavy atom. The summed E-state index contributed by atoms with van der Waals surface area (Å²) in [5.74, 6) is 0.493. The van der Waals surface area contributed by atoms with E-state index in [4.69, 9.17) is 10.5 Å². The molecule has 106 valence electrons. The van der Waals surface area contributed by atoms with E-state index in [2.05, 4.69) is 5.43 Å². The summed E-state index contributed by atoms with van der Waals surface area (Å²) >= 11 is 0. The molecule has 0 unspecified atom stereocenters. The number of nitrogens with two attached hydrogens (primary N) is 1. The highest BCUT2D eigenvalue weighted by Crippen LogP contribution is 2.21. The summed E-state index contributed by atoms with van der Waals surface area (Å²) in [5, 5.41) is 1.74. The van der Waals surface area contributed by atoms with Crippen molar-refractivity contribution in [2.75, 3.05) is 26.3 Å². The molecule has 0 spiro atoms. The van der Waals surface area contributed by atoms with Crippen molar-refractivity contribution in [3.05, 3.63) is 11.9 Å². The van der Waals surface area contributed by atoms with Crippen LogP contribution < -0.4 is 11.2 Å². The molecule has 0 aromatic rings. The zero-order chi connectivity index (χ0) is 13.6. The molecule has 0 aliphatic carbocycles. The van der Waals surface area contributed by atoms with Crippen molar-refractivity contribution in [2.24, 2.45) is 11.7 Å². The molecule has 7 heteroatoms. The van der Waals surface area contributed by atoms with Crippen molar-refractivity contribution in [2.45, 2.75) is 25.9 Å². The largest absolute Gasteiger partial charge is 0.432 e. The molecule has 0 amide bonds. The fourth-order valence-corrected chi connectivity index (χ4v) is 1.76. The van der Waals surface area contributed by atoms with Gasteiger partial charge in [0, 0.05) is 32.5 Å². The van der Waals surface area contributed by atoms with Gasteiger partial charge >= 0.3 is 6.18 Å². The average molecular weight is 267 g/mol. The Morgan fingerprint density at radius 3 is 2.56 bits per heavy atom. The van der Waals surface area contributed by atoms with Gasteiger partial charge in [-0.1, -0.05) is 0 Å². The summed E-state index contributed by atoms with van der Waals surface area (Å²) in [4.78, 5) is 0. The Morgan fingerprint density at radius 2 is 2.06 bits per heavy atom. The van der Waals surface area contributed by atoms with Gasteiger partial charge in [-0.2, -0.15) is 13.2 Å². The Hall–Kier alpha value is -0.950. The van der Waals surface area contributed by atoms with Gasteiger partial charge in [-0.25, -0.2) is 5.01 Å². The molecule has 0 bridgehead atoms. The van der Waals surface area contributed by atoms with Crippen molar-refractivity contribution in [1.82, 2.24) is 10.4 Å². The van der Waals surface area contributed by atoms with E-state index >= 15 is 0 Å². The maximum atomic E-state index is 12.1. The summed E-state index contributed by atoms with van der Waals surface area (Å²) in [7, 11) is 0. The van der Waals surface area contributed by atoms with E-state index in [1.54, 1.807) is 5.01 Å². The van der Waals surface area contributed by atoms with Gasteiger partial charge in [0.05, 0.1) is 0 Å². The molecule has 1 heterocycles. The van der Waals surface area contributed by atoms with Crippen molar-refractivity contribution < 1.29 is 17.9 Å². The number of hydrazine groups is 1. The zero-order valence-electron chi connectivity index (χ0n) is 10.5. The third-order valence-electron chi connectivity index (χ3n) is 2.90. The van der Waals surface area contributed by atoms with Crippen molar-refractivity contribution in [1.29, 1.82) is 0 Å². The molecule has 0 radical (unpaired) electrons. The minimum atomic E-state index is -4.47. The van der Waals surface area contributed by atoms with E-state index < -0.39 is 11.9 Å². The Balaban J connectivity index is 2.27. The summed E-state index contributed by atoms with van der Waals surface area (Å²) in [6.45, 7) is 4.76. The molecule has 0 aromatic carbocycles. The maximum absolute atomic E-state index is 12.1. The van der Waals surface area contributed by atoms with Gasteiger partial charge in [0.15, 0.2) is 0 Å². The van der Waals surface area contributed by atoms with Crippen LogP contribution in [-0.2, 0) is 4.74 Å². The molecule has 3 N–H and O–H groups in total. The topological polar surface area (TPSA) is 50.5 Å². The third-order valence-corrected chi connectivity index (χ3v) is 2.90. The highest BCUT2D eigenvalue weighted by molar-refractivity contribution is 5.01. The molecular formula is C11H20F3N3O. The van der Waals surface area contributed by atoms with E-state index in [0.29, 0.717) is 25.6 Å². The smallest absolute Gasteiger partial charge is 0.393 e. The van der Waals surface area contributed by atoms with E-state index in [9.17, 15) is 13.2 Å². The molecule has 1 fully saturated rings. The maximum Gasteiger partial charge on any atom is 0.432 e. The molecule has 1 rings (SSSR count). The van der Waals surface area contributed by atoms with Crippen LogP contribution in [0.1, 0.15) is 19.8 Å². The first-order chi connectivity index (χ1) is 8.43. The standard InChI is InChI=1S/C11H20F3N3O/c1-2-18-8-9-3-5-17(6-4-9)16-7-10(15)11(12,13)14/h7,9,16H,2-6,8,15H2,1H3/b10-7-.